The number of phenolic OH excluding ortho intramolecular Hbond substituents is 1. The number of phenols is 1. The van der Waals surface area contributed by atoms with Crippen LogP contribution in [0.25, 0.3) is 10.8 Å². The zero-order valence-corrected chi connectivity index (χ0v) is 30.7. The fourth-order valence-corrected chi connectivity index (χ4v) is 7.91. The van der Waals surface area contributed by atoms with Gasteiger partial charge in [-0.1, -0.05) is 56.3 Å². The molecule has 0 spiro atoms. The third kappa shape index (κ3) is 6.93. The number of benzene rings is 3. The van der Waals surface area contributed by atoms with Gasteiger partial charge in [0.25, 0.3) is 5.91 Å². The highest BCUT2D eigenvalue weighted by Gasteiger charge is 2.32. The highest BCUT2D eigenvalue weighted by atomic mass is 35.5. The Bertz CT molecular complexity index is 2010. The number of aromatic nitrogens is 2. The van der Waals surface area contributed by atoms with Gasteiger partial charge in [0.2, 0.25) is 5.91 Å². The van der Waals surface area contributed by atoms with Gasteiger partial charge >= 0.3 is 6.01 Å². The first-order chi connectivity index (χ1) is 25.1. The van der Waals surface area contributed by atoms with Gasteiger partial charge in [-0.05, 0) is 54.0 Å². The number of halogens is 1. The first-order valence-electron chi connectivity index (χ1n) is 18.0. The Balaban J connectivity index is 1.11. The molecule has 0 bridgehead atoms. The lowest BCUT2D eigenvalue weighted by Gasteiger charge is -2.38. The van der Waals surface area contributed by atoms with Crippen molar-refractivity contribution in [2.45, 2.75) is 39.2 Å². The van der Waals surface area contributed by atoms with Gasteiger partial charge in [0.05, 0.1) is 36.5 Å². The van der Waals surface area contributed by atoms with Crippen LogP contribution in [0.15, 0.2) is 61.2 Å². The lowest BCUT2D eigenvalue weighted by molar-refractivity contribution is -0.126. The molecule has 3 aliphatic heterocycles. The summed E-state index contributed by atoms with van der Waals surface area (Å²) < 4.78 is 11.9. The summed E-state index contributed by atoms with van der Waals surface area (Å²) in [5, 5.41) is 13.3. The van der Waals surface area contributed by atoms with Crippen molar-refractivity contribution in [1.29, 1.82) is 0 Å². The van der Waals surface area contributed by atoms with E-state index in [2.05, 4.69) is 40.6 Å². The van der Waals surface area contributed by atoms with Crippen LogP contribution in [-0.2, 0) is 17.8 Å². The van der Waals surface area contributed by atoms with Crippen LogP contribution in [0.4, 0.5) is 11.5 Å². The van der Waals surface area contributed by atoms with Crippen LogP contribution in [-0.4, -0.2) is 96.2 Å². The van der Waals surface area contributed by atoms with E-state index in [-0.39, 0.29) is 29.4 Å². The summed E-state index contributed by atoms with van der Waals surface area (Å²) >= 11 is 6.73. The van der Waals surface area contributed by atoms with E-state index < -0.39 is 0 Å². The summed E-state index contributed by atoms with van der Waals surface area (Å²) in [6, 6.07) is 15.8. The predicted octanol–water partition coefficient (Wildman–Crippen LogP) is 6.06. The number of fused-ring (bicyclic) bond motifs is 2. The van der Waals surface area contributed by atoms with Crippen molar-refractivity contribution in [1.82, 2.24) is 19.8 Å². The van der Waals surface area contributed by atoms with Crippen LogP contribution < -0.4 is 19.3 Å². The molecule has 3 aromatic carbocycles. The Labute approximate surface area is 309 Å². The minimum atomic E-state index is -0.128. The number of carbonyl (C=O) groups is 2. The molecule has 7 rings (SSSR count). The molecule has 3 aliphatic rings. The summed E-state index contributed by atoms with van der Waals surface area (Å²) in [4.78, 5) is 44.2. The maximum absolute atomic E-state index is 13.7. The van der Waals surface area contributed by atoms with E-state index >= 15 is 0 Å². The number of ether oxygens (including phenoxy) is 2. The van der Waals surface area contributed by atoms with E-state index in [1.54, 1.807) is 6.07 Å². The standard InChI is InChI=1S/C40H45ClN6O5/c1-5-36(49)44-16-18-45(19-17-44)38-28-13-15-46(33-11-7-9-27-8-6-10-31(41)37(27)33)23-32(28)42-40(43-38)52-24-26-12-14-47(22-26)39(50)30-20-29(25(2)3)34(48)21-35(30)51-4/h5-11,20-21,25-26,48H,1,12-19,22-24H2,2-4H3/t26-/m1/s1. The molecular weight excluding hydrogens is 680 g/mol. The van der Waals surface area contributed by atoms with Gasteiger partial charge in [0, 0.05) is 74.4 Å². The molecule has 52 heavy (non-hydrogen) atoms. The van der Waals surface area contributed by atoms with Gasteiger partial charge in [0.1, 0.15) is 17.3 Å². The molecule has 11 nitrogen and oxygen atoms in total. The number of carbonyl (C=O) groups excluding carboxylic acids is 2. The molecule has 272 valence electrons. The molecule has 0 aliphatic carbocycles. The summed E-state index contributed by atoms with van der Waals surface area (Å²) in [5.74, 6) is 1.27. The van der Waals surface area contributed by atoms with E-state index in [0.29, 0.717) is 80.3 Å². The van der Waals surface area contributed by atoms with Crippen LogP contribution >= 0.6 is 11.6 Å². The van der Waals surface area contributed by atoms with Crippen molar-refractivity contribution in [2.75, 3.05) is 69.3 Å². The number of amides is 2. The first-order valence-corrected chi connectivity index (χ1v) is 18.3. The Morgan fingerprint density at radius 3 is 2.52 bits per heavy atom. The average molecular weight is 725 g/mol. The zero-order chi connectivity index (χ0) is 36.5. The molecular formula is C40H45ClN6O5. The quantitative estimate of drug-likeness (QED) is 0.206. The van der Waals surface area contributed by atoms with E-state index in [4.69, 9.17) is 31.0 Å². The van der Waals surface area contributed by atoms with E-state index in [0.717, 1.165) is 52.9 Å². The zero-order valence-electron chi connectivity index (χ0n) is 30.0. The SMILES string of the molecule is C=CC(=O)N1CCN(c2nc(OC[C@@H]3CCN(C(=O)c4cc(C(C)C)c(O)cc4OC)C3)nc3c2CCN(c2cccc4cccc(Cl)c24)C3)CC1. The molecule has 0 saturated carbocycles. The molecule has 1 N–H and O–H groups in total. The molecule has 0 radical (unpaired) electrons. The second-order valence-corrected chi connectivity index (χ2v) is 14.4. The van der Waals surface area contributed by atoms with Crippen molar-refractivity contribution < 1.29 is 24.2 Å². The maximum Gasteiger partial charge on any atom is 0.318 e. The number of piperazine rings is 1. The van der Waals surface area contributed by atoms with Crippen LogP contribution in [0.5, 0.6) is 17.5 Å². The minimum absolute atomic E-state index is 0.0501. The molecule has 4 heterocycles. The van der Waals surface area contributed by atoms with Gasteiger partial charge in [0.15, 0.2) is 0 Å². The van der Waals surface area contributed by atoms with Crippen LogP contribution in [0.2, 0.25) is 5.02 Å². The summed E-state index contributed by atoms with van der Waals surface area (Å²) in [7, 11) is 1.51. The third-order valence-corrected chi connectivity index (χ3v) is 10.8. The molecule has 0 unspecified atom stereocenters. The average Bonchev–Trinajstić information content (AvgIpc) is 3.65. The number of hydrogen-bond donors (Lipinski definition) is 1. The normalized spacial score (nSPS) is 17.4. The number of aromatic hydroxyl groups is 1. The molecule has 2 fully saturated rings. The van der Waals surface area contributed by atoms with Crippen LogP contribution in [0, 0.1) is 5.92 Å². The number of rotatable bonds is 9. The largest absolute Gasteiger partial charge is 0.508 e. The van der Waals surface area contributed by atoms with E-state index in [1.165, 1.54) is 19.3 Å². The summed E-state index contributed by atoms with van der Waals surface area (Å²) in [6.45, 7) is 12.9. The van der Waals surface area contributed by atoms with Crippen molar-refractivity contribution in [2.24, 2.45) is 5.92 Å². The fourth-order valence-electron chi connectivity index (χ4n) is 7.63. The molecule has 2 saturated heterocycles. The van der Waals surface area contributed by atoms with Gasteiger partial charge < -0.3 is 34.2 Å². The minimum Gasteiger partial charge on any atom is -0.508 e. The van der Waals surface area contributed by atoms with Gasteiger partial charge in [-0.2, -0.15) is 9.97 Å². The summed E-state index contributed by atoms with van der Waals surface area (Å²) in [6.07, 6.45) is 2.89. The number of nitrogens with zero attached hydrogens (tertiary/aromatic N) is 6. The smallest absolute Gasteiger partial charge is 0.318 e. The van der Waals surface area contributed by atoms with Crippen molar-refractivity contribution >= 4 is 45.7 Å². The Hall–Kier alpha value is -5.03. The number of likely N-dealkylation sites (tertiary alicyclic amines) is 1. The number of anilines is 2. The van der Waals surface area contributed by atoms with Gasteiger partial charge in [-0.25, -0.2) is 0 Å². The van der Waals surface area contributed by atoms with E-state index in [9.17, 15) is 14.7 Å². The second kappa shape index (κ2) is 14.9. The predicted molar refractivity (Wildman–Crippen MR) is 203 cm³/mol. The number of hydrogen-bond acceptors (Lipinski definition) is 9. The maximum atomic E-state index is 13.7. The lowest BCUT2D eigenvalue weighted by Crippen LogP contribution is -2.49. The van der Waals surface area contributed by atoms with E-state index in [1.807, 2.05) is 35.8 Å². The molecule has 1 aromatic heterocycles. The number of methoxy groups -OCH3 is 1. The topological polar surface area (TPSA) is 112 Å². The summed E-state index contributed by atoms with van der Waals surface area (Å²) in [5.41, 5.74) is 4.22. The second-order valence-electron chi connectivity index (χ2n) is 14.0. The monoisotopic (exact) mass is 724 g/mol. The highest BCUT2D eigenvalue weighted by molar-refractivity contribution is 6.36. The van der Waals surface area contributed by atoms with Crippen LogP contribution in [0.1, 0.15) is 53.4 Å². The molecule has 4 aromatic rings. The fraction of sp³-hybridized carbons (Fsp3) is 0.400. The highest BCUT2D eigenvalue weighted by Crippen LogP contribution is 2.38. The lowest BCUT2D eigenvalue weighted by atomic mass is 9.98. The Morgan fingerprint density at radius 2 is 1.79 bits per heavy atom. The van der Waals surface area contributed by atoms with Gasteiger partial charge in [-0.3, -0.25) is 9.59 Å². The molecule has 1 atom stereocenters. The third-order valence-electron chi connectivity index (χ3n) is 10.5. The van der Waals surface area contributed by atoms with Gasteiger partial charge in [-0.15, -0.1) is 0 Å². The molecule has 2 amide bonds. The Kier molecular flexibility index (Phi) is 10.1. The van der Waals surface area contributed by atoms with Crippen molar-refractivity contribution in [3.8, 4) is 17.5 Å². The molecule has 12 heteroatoms. The van der Waals surface area contributed by atoms with Crippen LogP contribution in [0.3, 0.4) is 0 Å². The van der Waals surface area contributed by atoms with Crippen molar-refractivity contribution in [3.05, 3.63) is 88.6 Å². The Morgan fingerprint density at radius 1 is 1.02 bits per heavy atom. The van der Waals surface area contributed by atoms with Crippen molar-refractivity contribution in [3.63, 3.8) is 0 Å². The first kappa shape index (κ1) is 35.4.